The first-order valence-corrected chi connectivity index (χ1v) is 17.7. The minimum Gasteiger partial charge on any atom is -0.475 e. The van der Waals surface area contributed by atoms with E-state index in [4.69, 9.17) is 15.6 Å². The van der Waals surface area contributed by atoms with Gasteiger partial charge in [0.2, 0.25) is 21.8 Å². The van der Waals surface area contributed by atoms with Crippen LogP contribution in [0.25, 0.3) is 0 Å². The number of nitrogens with one attached hydrogen (secondary N) is 3. The predicted molar refractivity (Wildman–Crippen MR) is 168 cm³/mol. The van der Waals surface area contributed by atoms with Crippen LogP contribution in [-0.2, 0) is 40.7 Å². The lowest BCUT2D eigenvalue weighted by Gasteiger charge is -2.25. The van der Waals surface area contributed by atoms with E-state index < -0.39 is 49.9 Å². The molecule has 260 valence electrons. The zero-order valence-electron chi connectivity index (χ0n) is 25.9. The standard InChI is InChI=1S/C27H37N5O6S2.C2HF3O2/c1-18-9-12-22(40(37,38)29-2)17-23(18)30-26(34)24(15-19-7-5-4-6-8-19)31-27(28)32-25(33)16-20-10-13-21(14-11-20)39(3,35)36;3-2(4,5)1(6)7/h9-14,17,19,24,29H,4-8,15-16H2,1-3H3,(H,30,34)(H3,28,31,32,33);(H,6,7)/t24-;/m1./s1. The zero-order chi connectivity index (χ0) is 35.6. The van der Waals surface area contributed by atoms with Crippen LogP contribution in [-0.4, -0.2) is 71.2 Å². The highest BCUT2D eigenvalue weighted by atomic mass is 32.2. The van der Waals surface area contributed by atoms with Crippen molar-refractivity contribution in [3.63, 3.8) is 0 Å². The van der Waals surface area contributed by atoms with Crippen molar-refractivity contribution in [1.29, 1.82) is 0 Å². The predicted octanol–water partition coefficient (Wildman–Crippen LogP) is 2.89. The number of aryl methyl sites for hydroxylation is 1. The fraction of sp³-hybridized carbons (Fsp3) is 0.448. The van der Waals surface area contributed by atoms with Gasteiger partial charge in [-0.2, -0.15) is 13.2 Å². The van der Waals surface area contributed by atoms with Crippen LogP contribution in [0.1, 0.15) is 49.7 Å². The number of aliphatic imine (C=N–C) groups is 1. The molecular weight excluding hydrogens is 667 g/mol. The molecular formula is C29H38F3N5O8S2. The summed E-state index contributed by atoms with van der Waals surface area (Å²) < 4.78 is 81.8. The highest BCUT2D eigenvalue weighted by Crippen LogP contribution is 2.29. The van der Waals surface area contributed by atoms with E-state index in [1.807, 2.05) is 0 Å². The number of anilines is 1. The van der Waals surface area contributed by atoms with Crippen molar-refractivity contribution >= 4 is 49.3 Å². The van der Waals surface area contributed by atoms with Gasteiger partial charge in [-0.3, -0.25) is 14.9 Å². The Labute approximate surface area is 271 Å². The summed E-state index contributed by atoms with van der Waals surface area (Å²) in [5.74, 6) is -3.63. The summed E-state index contributed by atoms with van der Waals surface area (Å²) in [4.78, 5) is 39.4. The van der Waals surface area contributed by atoms with Crippen molar-refractivity contribution in [2.75, 3.05) is 18.6 Å². The average molecular weight is 706 g/mol. The SMILES string of the molecule is CNS(=O)(=O)c1ccc(C)c(NC(=O)[C@@H](CC2CCCCC2)N=C(N)NC(=O)Cc2ccc(S(C)(=O)=O)cc2)c1.O=C(O)C(F)(F)F. The van der Waals surface area contributed by atoms with Crippen molar-refractivity contribution in [1.82, 2.24) is 10.0 Å². The number of alkyl halides is 3. The van der Waals surface area contributed by atoms with E-state index >= 15 is 0 Å². The highest BCUT2D eigenvalue weighted by molar-refractivity contribution is 7.90. The van der Waals surface area contributed by atoms with Gasteiger partial charge in [-0.25, -0.2) is 31.3 Å². The Hall–Kier alpha value is -4.03. The molecule has 0 bridgehead atoms. The summed E-state index contributed by atoms with van der Waals surface area (Å²) in [6.45, 7) is 1.75. The molecule has 0 heterocycles. The van der Waals surface area contributed by atoms with E-state index in [-0.39, 0.29) is 28.1 Å². The number of sulfonamides is 1. The molecule has 0 aromatic heterocycles. The van der Waals surface area contributed by atoms with Crippen molar-refractivity contribution in [3.05, 3.63) is 53.6 Å². The maximum Gasteiger partial charge on any atom is 0.490 e. The van der Waals surface area contributed by atoms with Crippen molar-refractivity contribution in [3.8, 4) is 0 Å². The number of carbonyl (C=O) groups is 3. The number of aliphatic carboxylic acids is 1. The first-order valence-electron chi connectivity index (χ1n) is 14.3. The first kappa shape index (κ1) is 39.1. The Bertz CT molecular complexity index is 1670. The maximum absolute atomic E-state index is 13.4. The Balaban J connectivity index is 0.000000984. The summed E-state index contributed by atoms with van der Waals surface area (Å²) >= 11 is 0. The molecule has 6 N–H and O–H groups in total. The molecule has 0 spiro atoms. The van der Waals surface area contributed by atoms with E-state index in [9.17, 15) is 39.6 Å². The molecule has 0 saturated heterocycles. The van der Waals surface area contributed by atoms with Gasteiger partial charge in [0.1, 0.15) is 6.04 Å². The Morgan fingerprint density at radius 1 is 1.00 bits per heavy atom. The van der Waals surface area contributed by atoms with Crippen LogP contribution in [0.3, 0.4) is 0 Å². The third kappa shape index (κ3) is 12.9. The number of carboxylic acid groups (broad SMARTS) is 1. The summed E-state index contributed by atoms with van der Waals surface area (Å²) in [6, 6.07) is 9.51. The molecule has 18 heteroatoms. The Morgan fingerprint density at radius 3 is 2.06 bits per heavy atom. The Kier molecular flexibility index (Phi) is 13.9. The lowest BCUT2D eigenvalue weighted by atomic mass is 9.84. The number of carboxylic acids is 1. The molecule has 2 aromatic rings. The van der Waals surface area contributed by atoms with Crippen molar-refractivity contribution in [2.45, 2.75) is 73.9 Å². The van der Waals surface area contributed by atoms with E-state index in [1.165, 1.54) is 31.3 Å². The van der Waals surface area contributed by atoms with Gasteiger partial charge in [-0.05, 0) is 61.7 Å². The number of sulfone groups is 1. The van der Waals surface area contributed by atoms with E-state index in [2.05, 4.69) is 20.3 Å². The molecule has 0 unspecified atom stereocenters. The fourth-order valence-electron chi connectivity index (χ4n) is 4.62. The van der Waals surface area contributed by atoms with Gasteiger partial charge in [-0.1, -0.05) is 50.3 Å². The summed E-state index contributed by atoms with van der Waals surface area (Å²) in [5, 5.41) is 12.4. The third-order valence-electron chi connectivity index (χ3n) is 7.15. The monoisotopic (exact) mass is 705 g/mol. The molecule has 2 aromatic carbocycles. The maximum atomic E-state index is 13.4. The summed E-state index contributed by atoms with van der Waals surface area (Å²) in [6.07, 6.45) is 1.59. The summed E-state index contributed by atoms with van der Waals surface area (Å²) in [5.41, 5.74) is 7.64. The van der Waals surface area contributed by atoms with E-state index in [0.717, 1.165) is 38.4 Å². The molecule has 1 saturated carbocycles. The van der Waals surface area contributed by atoms with Gasteiger partial charge < -0.3 is 16.2 Å². The van der Waals surface area contributed by atoms with Gasteiger partial charge in [0.25, 0.3) is 0 Å². The van der Waals surface area contributed by atoms with Crippen LogP contribution in [0.15, 0.2) is 57.2 Å². The number of halogens is 3. The first-order chi connectivity index (χ1) is 21.7. The number of benzene rings is 2. The van der Waals surface area contributed by atoms with Gasteiger partial charge in [0.05, 0.1) is 16.2 Å². The number of rotatable bonds is 10. The van der Waals surface area contributed by atoms with Gasteiger partial charge in [0, 0.05) is 11.9 Å². The van der Waals surface area contributed by atoms with E-state index in [0.29, 0.717) is 23.2 Å². The number of hydrogen-bond donors (Lipinski definition) is 5. The van der Waals surface area contributed by atoms with Crippen LogP contribution in [0.2, 0.25) is 0 Å². The van der Waals surface area contributed by atoms with Crippen molar-refractivity contribution < 1.29 is 49.5 Å². The van der Waals surface area contributed by atoms with Gasteiger partial charge in [-0.15, -0.1) is 0 Å². The smallest absolute Gasteiger partial charge is 0.475 e. The normalized spacial score (nSPS) is 15.1. The molecule has 1 aliphatic rings. The van der Waals surface area contributed by atoms with Crippen LogP contribution in [0.4, 0.5) is 18.9 Å². The second-order valence-electron chi connectivity index (χ2n) is 10.9. The fourth-order valence-corrected chi connectivity index (χ4v) is 6.01. The lowest BCUT2D eigenvalue weighted by molar-refractivity contribution is -0.192. The molecule has 1 aliphatic carbocycles. The third-order valence-corrected chi connectivity index (χ3v) is 9.69. The van der Waals surface area contributed by atoms with Crippen molar-refractivity contribution in [2.24, 2.45) is 16.6 Å². The average Bonchev–Trinajstić information content (AvgIpc) is 2.98. The minimum absolute atomic E-state index is 0.0135. The second-order valence-corrected chi connectivity index (χ2v) is 14.8. The molecule has 1 fully saturated rings. The number of nitrogens with zero attached hydrogens (tertiary/aromatic N) is 1. The van der Waals surface area contributed by atoms with Gasteiger partial charge >= 0.3 is 12.1 Å². The number of guanidine groups is 1. The topological polar surface area (TPSA) is 214 Å². The summed E-state index contributed by atoms with van der Waals surface area (Å²) in [7, 11) is -5.75. The number of amides is 2. The molecule has 3 rings (SSSR count). The second kappa shape index (κ2) is 16.7. The molecule has 0 aliphatic heterocycles. The molecule has 0 radical (unpaired) electrons. The van der Waals surface area contributed by atoms with Crippen LogP contribution >= 0.6 is 0 Å². The van der Waals surface area contributed by atoms with Gasteiger partial charge in [0.15, 0.2) is 15.8 Å². The molecule has 47 heavy (non-hydrogen) atoms. The molecule has 1 atom stereocenters. The van der Waals surface area contributed by atoms with Crippen LogP contribution in [0, 0.1) is 12.8 Å². The zero-order valence-corrected chi connectivity index (χ0v) is 27.6. The highest BCUT2D eigenvalue weighted by Gasteiger charge is 2.38. The molecule has 2 amide bonds. The van der Waals surface area contributed by atoms with Crippen LogP contribution < -0.4 is 21.1 Å². The largest absolute Gasteiger partial charge is 0.490 e. The van der Waals surface area contributed by atoms with E-state index in [1.54, 1.807) is 25.1 Å². The minimum atomic E-state index is -5.08. The van der Waals surface area contributed by atoms with Crippen LogP contribution in [0.5, 0.6) is 0 Å². The number of carbonyl (C=O) groups excluding carboxylic acids is 2. The molecule has 13 nitrogen and oxygen atoms in total. The number of hydrogen-bond acceptors (Lipinski definition) is 8. The quantitative estimate of drug-likeness (QED) is 0.181. The lowest BCUT2D eigenvalue weighted by Crippen LogP contribution is -2.40. The Morgan fingerprint density at radius 2 is 1.55 bits per heavy atom. The number of nitrogens with two attached hydrogens (primary N) is 1.